The molecule has 0 aliphatic heterocycles. The van der Waals surface area contributed by atoms with Crippen LogP contribution in [0, 0.1) is 6.92 Å². The van der Waals surface area contributed by atoms with E-state index in [1.54, 1.807) is 6.20 Å². The molecular formula is C14H19N3. The summed E-state index contributed by atoms with van der Waals surface area (Å²) in [5.74, 6) is 0. The molecule has 2 rings (SSSR count). The van der Waals surface area contributed by atoms with E-state index in [9.17, 15) is 0 Å². The summed E-state index contributed by atoms with van der Waals surface area (Å²) in [6, 6.07) is 11.0. The molecule has 0 fully saturated rings. The summed E-state index contributed by atoms with van der Waals surface area (Å²) in [7, 11) is 0. The molecule has 90 valence electrons. The number of hydrogen-bond donors (Lipinski definition) is 2. The van der Waals surface area contributed by atoms with Crippen LogP contribution in [-0.2, 0) is 6.42 Å². The maximum atomic E-state index is 3.96. The van der Waals surface area contributed by atoms with E-state index in [0.717, 1.165) is 18.7 Å². The standard InChI is InChI=1S/C14H19N3/c1-11-4-3-5-13(10-11)6-8-15-12(2)14-7-9-16-17-14/h3-5,7,9-10,12,15H,6,8H2,1-2H3,(H,16,17). The zero-order valence-corrected chi connectivity index (χ0v) is 10.4. The Bertz CT molecular complexity index is 448. The number of hydrogen-bond acceptors (Lipinski definition) is 2. The smallest absolute Gasteiger partial charge is 0.0518 e. The van der Waals surface area contributed by atoms with Crippen molar-refractivity contribution in [1.82, 2.24) is 15.5 Å². The Morgan fingerprint density at radius 2 is 2.24 bits per heavy atom. The van der Waals surface area contributed by atoms with Crippen molar-refractivity contribution in [3.05, 3.63) is 53.3 Å². The first-order valence-electron chi connectivity index (χ1n) is 6.04. The van der Waals surface area contributed by atoms with Crippen LogP contribution in [0.4, 0.5) is 0 Å². The minimum atomic E-state index is 0.322. The Morgan fingerprint density at radius 1 is 1.35 bits per heavy atom. The van der Waals surface area contributed by atoms with Crippen molar-refractivity contribution >= 4 is 0 Å². The van der Waals surface area contributed by atoms with E-state index in [2.05, 4.69) is 53.6 Å². The summed E-state index contributed by atoms with van der Waals surface area (Å²) in [4.78, 5) is 0. The fourth-order valence-electron chi connectivity index (χ4n) is 1.92. The average Bonchev–Trinajstić information content (AvgIpc) is 2.82. The van der Waals surface area contributed by atoms with Crippen LogP contribution in [0.5, 0.6) is 0 Å². The summed E-state index contributed by atoms with van der Waals surface area (Å²) < 4.78 is 0. The van der Waals surface area contributed by atoms with Gasteiger partial charge in [-0.3, -0.25) is 5.10 Å². The molecule has 0 aliphatic rings. The minimum Gasteiger partial charge on any atom is -0.309 e. The highest BCUT2D eigenvalue weighted by molar-refractivity contribution is 5.22. The van der Waals surface area contributed by atoms with E-state index < -0.39 is 0 Å². The third-order valence-electron chi connectivity index (χ3n) is 2.94. The molecule has 1 aromatic carbocycles. The van der Waals surface area contributed by atoms with Crippen LogP contribution in [0.3, 0.4) is 0 Å². The van der Waals surface area contributed by atoms with Gasteiger partial charge >= 0.3 is 0 Å². The van der Waals surface area contributed by atoms with E-state index in [-0.39, 0.29) is 0 Å². The van der Waals surface area contributed by atoms with Crippen LogP contribution >= 0.6 is 0 Å². The highest BCUT2D eigenvalue weighted by atomic mass is 15.1. The van der Waals surface area contributed by atoms with Crippen molar-refractivity contribution < 1.29 is 0 Å². The molecule has 2 N–H and O–H groups in total. The molecule has 0 saturated heterocycles. The van der Waals surface area contributed by atoms with Gasteiger partial charge in [0.25, 0.3) is 0 Å². The van der Waals surface area contributed by atoms with Crippen LogP contribution in [-0.4, -0.2) is 16.7 Å². The second-order valence-corrected chi connectivity index (χ2v) is 4.43. The van der Waals surface area contributed by atoms with Crippen LogP contribution in [0.15, 0.2) is 36.5 Å². The lowest BCUT2D eigenvalue weighted by Crippen LogP contribution is -2.21. The van der Waals surface area contributed by atoms with Crippen molar-refractivity contribution in [2.24, 2.45) is 0 Å². The van der Waals surface area contributed by atoms with E-state index in [1.807, 2.05) is 6.07 Å². The molecule has 2 aromatic rings. The summed E-state index contributed by atoms with van der Waals surface area (Å²) in [5, 5.41) is 10.4. The molecule has 0 spiro atoms. The Balaban J connectivity index is 1.80. The Morgan fingerprint density at radius 3 is 2.94 bits per heavy atom. The zero-order chi connectivity index (χ0) is 12.1. The number of nitrogens with zero attached hydrogens (tertiary/aromatic N) is 1. The molecule has 1 unspecified atom stereocenters. The van der Waals surface area contributed by atoms with E-state index in [0.29, 0.717) is 6.04 Å². The molecule has 0 bridgehead atoms. The first-order valence-corrected chi connectivity index (χ1v) is 6.04. The molecule has 1 atom stereocenters. The molecule has 0 saturated carbocycles. The highest BCUT2D eigenvalue weighted by Gasteiger charge is 2.04. The second-order valence-electron chi connectivity index (χ2n) is 4.43. The van der Waals surface area contributed by atoms with Gasteiger partial charge in [-0.15, -0.1) is 0 Å². The van der Waals surface area contributed by atoms with Crippen LogP contribution in [0.25, 0.3) is 0 Å². The van der Waals surface area contributed by atoms with Crippen LogP contribution in [0.1, 0.15) is 29.8 Å². The summed E-state index contributed by atoms with van der Waals surface area (Å²) >= 11 is 0. The van der Waals surface area contributed by atoms with Gasteiger partial charge in [-0.2, -0.15) is 5.10 Å². The number of H-pyrrole nitrogens is 1. The molecule has 1 aromatic heterocycles. The fourth-order valence-corrected chi connectivity index (χ4v) is 1.92. The molecule has 1 heterocycles. The fraction of sp³-hybridized carbons (Fsp3) is 0.357. The van der Waals surface area contributed by atoms with Gasteiger partial charge in [-0.1, -0.05) is 29.8 Å². The molecule has 0 amide bonds. The summed E-state index contributed by atoms with van der Waals surface area (Å²) in [5.41, 5.74) is 3.84. The first-order chi connectivity index (χ1) is 8.25. The third-order valence-corrected chi connectivity index (χ3v) is 2.94. The Labute approximate surface area is 102 Å². The summed E-state index contributed by atoms with van der Waals surface area (Å²) in [6.45, 7) is 5.25. The van der Waals surface area contributed by atoms with Crippen molar-refractivity contribution in [2.75, 3.05) is 6.54 Å². The van der Waals surface area contributed by atoms with Gasteiger partial charge in [0.15, 0.2) is 0 Å². The predicted octanol–water partition coefficient (Wildman–Crippen LogP) is 2.61. The molecule has 17 heavy (non-hydrogen) atoms. The number of aromatic amines is 1. The minimum absolute atomic E-state index is 0.322. The topological polar surface area (TPSA) is 40.7 Å². The number of nitrogens with one attached hydrogen (secondary N) is 2. The van der Waals surface area contributed by atoms with E-state index in [1.165, 1.54) is 11.1 Å². The molecule has 0 radical (unpaired) electrons. The first kappa shape index (κ1) is 11.9. The Kier molecular flexibility index (Phi) is 3.94. The maximum absolute atomic E-state index is 3.96. The van der Waals surface area contributed by atoms with Crippen molar-refractivity contribution in [3.63, 3.8) is 0 Å². The number of rotatable bonds is 5. The van der Waals surface area contributed by atoms with Gasteiger partial charge in [-0.25, -0.2) is 0 Å². The van der Waals surface area contributed by atoms with Crippen molar-refractivity contribution in [1.29, 1.82) is 0 Å². The van der Waals surface area contributed by atoms with Crippen molar-refractivity contribution in [2.45, 2.75) is 26.3 Å². The van der Waals surface area contributed by atoms with E-state index in [4.69, 9.17) is 0 Å². The van der Waals surface area contributed by atoms with Gasteiger partial charge in [0.1, 0.15) is 0 Å². The summed E-state index contributed by atoms with van der Waals surface area (Å²) in [6.07, 6.45) is 2.84. The van der Waals surface area contributed by atoms with Gasteiger partial charge in [-0.05, 0) is 38.4 Å². The molecule has 3 heteroatoms. The molecule has 3 nitrogen and oxygen atoms in total. The van der Waals surface area contributed by atoms with Gasteiger partial charge < -0.3 is 5.32 Å². The number of benzene rings is 1. The largest absolute Gasteiger partial charge is 0.309 e. The number of aryl methyl sites for hydroxylation is 1. The molecular weight excluding hydrogens is 210 g/mol. The lowest BCUT2D eigenvalue weighted by molar-refractivity contribution is 0.563. The number of aromatic nitrogens is 2. The Hall–Kier alpha value is -1.61. The third kappa shape index (κ3) is 3.43. The van der Waals surface area contributed by atoms with Gasteiger partial charge in [0.05, 0.1) is 5.69 Å². The second kappa shape index (κ2) is 5.64. The maximum Gasteiger partial charge on any atom is 0.0518 e. The van der Waals surface area contributed by atoms with Crippen LogP contribution in [0.2, 0.25) is 0 Å². The lowest BCUT2D eigenvalue weighted by atomic mass is 10.1. The highest BCUT2D eigenvalue weighted by Crippen LogP contribution is 2.08. The SMILES string of the molecule is Cc1cccc(CCNC(C)c2ccn[nH]2)c1. The average molecular weight is 229 g/mol. The van der Waals surface area contributed by atoms with Crippen molar-refractivity contribution in [3.8, 4) is 0 Å². The predicted molar refractivity (Wildman–Crippen MR) is 69.9 cm³/mol. The zero-order valence-electron chi connectivity index (χ0n) is 10.4. The van der Waals surface area contributed by atoms with E-state index >= 15 is 0 Å². The van der Waals surface area contributed by atoms with Gasteiger partial charge in [0.2, 0.25) is 0 Å². The quantitative estimate of drug-likeness (QED) is 0.827. The van der Waals surface area contributed by atoms with Crippen LogP contribution < -0.4 is 5.32 Å². The normalized spacial score (nSPS) is 12.6. The lowest BCUT2D eigenvalue weighted by Gasteiger charge is -2.11. The van der Waals surface area contributed by atoms with Gasteiger partial charge in [0, 0.05) is 12.2 Å². The monoisotopic (exact) mass is 229 g/mol. The molecule has 0 aliphatic carbocycles.